The van der Waals surface area contributed by atoms with Crippen LogP contribution < -0.4 is 10.9 Å². The SMILES string of the molecule is Cc1cccc(NC(=O)Cn2cnc3ccsc3c2=O)c1. The van der Waals surface area contributed by atoms with Crippen molar-refractivity contribution in [2.45, 2.75) is 13.5 Å². The van der Waals surface area contributed by atoms with Gasteiger partial charge in [0.05, 0.1) is 11.8 Å². The molecular formula is C15H13N3O2S. The van der Waals surface area contributed by atoms with Crippen LogP contribution >= 0.6 is 11.3 Å². The molecule has 1 N–H and O–H groups in total. The largest absolute Gasteiger partial charge is 0.325 e. The molecule has 0 radical (unpaired) electrons. The van der Waals surface area contributed by atoms with E-state index >= 15 is 0 Å². The third-order valence-electron chi connectivity index (χ3n) is 3.05. The van der Waals surface area contributed by atoms with Crippen molar-refractivity contribution in [3.05, 3.63) is 58.0 Å². The number of carbonyl (C=O) groups excluding carboxylic acids is 1. The lowest BCUT2D eigenvalue weighted by molar-refractivity contribution is -0.116. The molecule has 6 heteroatoms. The van der Waals surface area contributed by atoms with Gasteiger partial charge in [-0.15, -0.1) is 11.3 Å². The molecule has 0 bridgehead atoms. The third kappa shape index (κ3) is 2.85. The fraction of sp³-hybridized carbons (Fsp3) is 0.133. The summed E-state index contributed by atoms with van der Waals surface area (Å²) in [5, 5.41) is 4.59. The van der Waals surface area contributed by atoms with Crippen LogP contribution in [0.25, 0.3) is 10.2 Å². The maximum atomic E-state index is 12.2. The molecular weight excluding hydrogens is 286 g/mol. The van der Waals surface area contributed by atoms with Gasteiger partial charge in [-0.25, -0.2) is 4.98 Å². The Balaban J connectivity index is 1.80. The first-order chi connectivity index (χ1) is 10.1. The van der Waals surface area contributed by atoms with Crippen molar-refractivity contribution in [3.8, 4) is 0 Å². The summed E-state index contributed by atoms with van der Waals surface area (Å²) in [7, 11) is 0. The Morgan fingerprint density at radius 3 is 3.05 bits per heavy atom. The average molecular weight is 299 g/mol. The molecule has 21 heavy (non-hydrogen) atoms. The van der Waals surface area contributed by atoms with Crippen molar-refractivity contribution in [2.24, 2.45) is 0 Å². The number of nitrogens with one attached hydrogen (secondary N) is 1. The third-order valence-corrected chi connectivity index (χ3v) is 3.94. The van der Waals surface area contributed by atoms with Gasteiger partial charge in [-0.05, 0) is 36.1 Å². The molecule has 3 aromatic rings. The van der Waals surface area contributed by atoms with E-state index in [-0.39, 0.29) is 18.0 Å². The number of nitrogens with zero attached hydrogens (tertiary/aromatic N) is 2. The van der Waals surface area contributed by atoms with Crippen molar-refractivity contribution >= 4 is 33.1 Å². The number of aromatic nitrogens is 2. The predicted molar refractivity (Wildman–Crippen MR) is 83.7 cm³/mol. The predicted octanol–water partition coefficient (Wildman–Crippen LogP) is 2.41. The number of aryl methyl sites for hydroxylation is 1. The summed E-state index contributed by atoms with van der Waals surface area (Å²) in [6.07, 6.45) is 1.41. The minimum atomic E-state index is -0.250. The second-order valence-electron chi connectivity index (χ2n) is 4.73. The van der Waals surface area contributed by atoms with E-state index in [1.54, 1.807) is 6.07 Å². The van der Waals surface area contributed by atoms with Crippen molar-refractivity contribution in [3.63, 3.8) is 0 Å². The monoisotopic (exact) mass is 299 g/mol. The van der Waals surface area contributed by atoms with Crippen LogP contribution in [0, 0.1) is 6.92 Å². The van der Waals surface area contributed by atoms with Gasteiger partial charge in [-0.3, -0.25) is 14.2 Å². The smallest absolute Gasteiger partial charge is 0.271 e. The van der Waals surface area contributed by atoms with Crippen molar-refractivity contribution in [1.29, 1.82) is 0 Å². The van der Waals surface area contributed by atoms with Crippen LogP contribution in [0.15, 0.2) is 46.8 Å². The second kappa shape index (κ2) is 5.49. The molecule has 2 heterocycles. The van der Waals surface area contributed by atoms with Crippen molar-refractivity contribution in [1.82, 2.24) is 9.55 Å². The van der Waals surface area contributed by atoms with E-state index in [4.69, 9.17) is 0 Å². The summed E-state index contributed by atoms with van der Waals surface area (Å²) in [6, 6.07) is 9.31. The molecule has 1 amide bonds. The summed E-state index contributed by atoms with van der Waals surface area (Å²) < 4.78 is 1.89. The molecule has 106 valence electrons. The van der Waals surface area contributed by atoms with Gasteiger partial charge < -0.3 is 5.32 Å². The van der Waals surface area contributed by atoms with Crippen LogP contribution in [0.3, 0.4) is 0 Å². The molecule has 0 aliphatic rings. The highest BCUT2D eigenvalue weighted by Gasteiger charge is 2.09. The molecule has 3 rings (SSSR count). The number of hydrogen-bond acceptors (Lipinski definition) is 4. The standard InChI is InChI=1S/C15H13N3O2S/c1-10-3-2-4-11(7-10)17-13(19)8-18-9-16-12-5-6-21-14(12)15(18)20/h2-7,9H,8H2,1H3,(H,17,19). The number of hydrogen-bond donors (Lipinski definition) is 1. The minimum Gasteiger partial charge on any atom is -0.325 e. The second-order valence-corrected chi connectivity index (χ2v) is 5.65. The van der Waals surface area contributed by atoms with Crippen LogP contribution in [-0.4, -0.2) is 15.5 Å². The zero-order chi connectivity index (χ0) is 14.8. The maximum Gasteiger partial charge on any atom is 0.271 e. The Hall–Kier alpha value is -2.47. The van der Waals surface area contributed by atoms with Gasteiger partial charge in [-0.1, -0.05) is 12.1 Å². The summed E-state index contributed by atoms with van der Waals surface area (Å²) in [5.41, 5.74) is 2.26. The fourth-order valence-electron chi connectivity index (χ4n) is 2.07. The number of benzene rings is 1. The molecule has 0 aliphatic heterocycles. The Labute approximate surface area is 124 Å². The molecule has 5 nitrogen and oxygen atoms in total. The number of anilines is 1. The Bertz CT molecular complexity index is 866. The quantitative estimate of drug-likeness (QED) is 0.807. The van der Waals surface area contributed by atoms with Crippen molar-refractivity contribution in [2.75, 3.05) is 5.32 Å². The number of rotatable bonds is 3. The molecule has 0 saturated heterocycles. The highest BCUT2D eigenvalue weighted by molar-refractivity contribution is 7.17. The summed E-state index contributed by atoms with van der Waals surface area (Å²) in [6.45, 7) is 1.91. The van der Waals surface area contributed by atoms with Crippen LogP contribution in [0.5, 0.6) is 0 Å². The molecule has 1 aromatic carbocycles. The summed E-state index contributed by atoms with van der Waals surface area (Å²) >= 11 is 1.33. The molecule has 0 saturated carbocycles. The average Bonchev–Trinajstić information content (AvgIpc) is 2.91. The lowest BCUT2D eigenvalue weighted by Crippen LogP contribution is -2.27. The van der Waals surface area contributed by atoms with E-state index in [9.17, 15) is 9.59 Å². The fourth-order valence-corrected chi connectivity index (χ4v) is 2.86. The zero-order valence-electron chi connectivity index (χ0n) is 11.4. The minimum absolute atomic E-state index is 0.0480. The molecule has 0 aliphatic carbocycles. The van der Waals surface area contributed by atoms with Gasteiger partial charge in [0, 0.05) is 5.69 Å². The first-order valence-electron chi connectivity index (χ1n) is 6.42. The zero-order valence-corrected chi connectivity index (χ0v) is 12.2. The number of carbonyl (C=O) groups is 1. The molecule has 2 aromatic heterocycles. The number of fused-ring (bicyclic) bond motifs is 1. The number of thiophene rings is 1. The first-order valence-corrected chi connectivity index (χ1v) is 7.30. The van der Waals surface area contributed by atoms with Gasteiger partial charge in [0.2, 0.25) is 5.91 Å². The molecule has 0 atom stereocenters. The van der Waals surface area contributed by atoms with Crippen LogP contribution in [0.4, 0.5) is 5.69 Å². The van der Waals surface area contributed by atoms with E-state index in [0.717, 1.165) is 11.3 Å². The molecule has 0 spiro atoms. The van der Waals surface area contributed by atoms with Crippen LogP contribution in [0.1, 0.15) is 5.56 Å². The van der Waals surface area contributed by atoms with Crippen LogP contribution in [-0.2, 0) is 11.3 Å². The Kier molecular flexibility index (Phi) is 3.53. The topological polar surface area (TPSA) is 64.0 Å². The van der Waals surface area contributed by atoms with Gasteiger partial charge in [-0.2, -0.15) is 0 Å². The molecule has 0 unspecified atom stereocenters. The van der Waals surface area contributed by atoms with Crippen LogP contribution in [0.2, 0.25) is 0 Å². The van der Waals surface area contributed by atoms with E-state index in [1.807, 2.05) is 36.6 Å². The summed E-state index contributed by atoms with van der Waals surface area (Å²) in [4.78, 5) is 28.4. The van der Waals surface area contributed by atoms with Gasteiger partial charge in [0.15, 0.2) is 0 Å². The maximum absolute atomic E-state index is 12.2. The van der Waals surface area contributed by atoms with E-state index in [2.05, 4.69) is 10.3 Å². The highest BCUT2D eigenvalue weighted by atomic mass is 32.1. The highest BCUT2D eigenvalue weighted by Crippen LogP contribution is 2.13. The van der Waals surface area contributed by atoms with E-state index in [1.165, 1.54) is 22.2 Å². The first kappa shape index (κ1) is 13.5. The van der Waals surface area contributed by atoms with Gasteiger partial charge in [0.25, 0.3) is 5.56 Å². The Morgan fingerprint density at radius 2 is 2.24 bits per heavy atom. The lowest BCUT2D eigenvalue weighted by Gasteiger charge is -2.07. The van der Waals surface area contributed by atoms with Gasteiger partial charge in [0.1, 0.15) is 11.2 Å². The van der Waals surface area contributed by atoms with E-state index < -0.39 is 0 Å². The van der Waals surface area contributed by atoms with Gasteiger partial charge >= 0.3 is 0 Å². The Morgan fingerprint density at radius 1 is 1.38 bits per heavy atom. The summed E-state index contributed by atoms with van der Waals surface area (Å²) in [5.74, 6) is -0.250. The van der Waals surface area contributed by atoms with Crippen molar-refractivity contribution < 1.29 is 4.79 Å². The lowest BCUT2D eigenvalue weighted by atomic mass is 10.2. The molecule has 0 fully saturated rings. The number of amides is 1. The van der Waals surface area contributed by atoms with E-state index in [0.29, 0.717) is 10.2 Å². The normalized spacial score (nSPS) is 10.7.